The number of carbonyl (C=O) groups is 2. The number of nitrogens with zero attached hydrogens (tertiary/aromatic N) is 3. The second-order valence-corrected chi connectivity index (χ2v) is 10.1. The van der Waals surface area contributed by atoms with Crippen molar-refractivity contribution < 1.29 is 28.2 Å². The van der Waals surface area contributed by atoms with Gasteiger partial charge in [-0.05, 0) is 38.2 Å². The van der Waals surface area contributed by atoms with E-state index in [9.17, 15) is 14.0 Å². The highest BCUT2D eigenvalue weighted by Crippen LogP contribution is 2.48. The van der Waals surface area contributed by atoms with Gasteiger partial charge in [0, 0.05) is 29.8 Å². The van der Waals surface area contributed by atoms with Crippen LogP contribution < -0.4 is 20.5 Å². The third-order valence-electron chi connectivity index (χ3n) is 6.95. The highest BCUT2D eigenvalue weighted by molar-refractivity contribution is 6.31. The van der Waals surface area contributed by atoms with Gasteiger partial charge in [0.2, 0.25) is 12.3 Å². The minimum absolute atomic E-state index is 0.00243. The molecule has 2 aromatic rings. The maximum atomic E-state index is 13.9. The number of amides is 2. The molecule has 4 N–H and O–H groups in total. The molecule has 0 atom stereocenters. The second kappa shape index (κ2) is 13.1. The number of hydrogen-bond acceptors (Lipinski definition) is 9. The molecule has 1 aliphatic carbocycles. The number of methoxy groups -OCH3 is 1. The Bertz CT molecular complexity index is 1280. The first-order valence-electron chi connectivity index (χ1n) is 12.9. The topological polar surface area (TPSA) is 153 Å². The van der Waals surface area contributed by atoms with Crippen molar-refractivity contribution in [2.24, 2.45) is 5.73 Å². The molecule has 0 aromatic carbocycles. The van der Waals surface area contributed by atoms with Gasteiger partial charge in [-0.25, -0.2) is 9.37 Å². The van der Waals surface area contributed by atoms with Crippen LogP contribution in [-0.2, 0) is 20.9 Å². The number of rotatable bonds is 9. The predicted octanol–water partition coefficient (Wildman–Crippen LogP) is 2.74. The van der Waals surface area contributed by atoms with Crippen LogP contribution >= 0.6 is 11.6 Å². The quantitative estimate of drug-likeness (QED) is 0.235. The summed E-state index contributed by atoms with van der Waals surface area (Å²) in [5, 5.41) is 11.0. The van der Waals surface area contributed by atoms with E-state index in [1.807, 2.05) is 4.90 Å². The van der Waals surface area contributed by atoms with Gasteiger partial charge in [-0.15, -0.1) is 0 Å². The maximum absolute atomic E-state index is 13.9. The van der Waals surface area contributed by atoms with Gasteiger partial charge in [0.15, 0.2) is 5.82 Å². The first-order chi connectivity index (χ1) is 19.3. The normalized spacial score (nSPS) is 17.7. The molecule has 3 fully saturated rings. The summed E-state index contributed by atoms with van der Waals surface area (Å²) in [5.74, 6) is -0.108. The first-order valence-corrected chi connectivity index (χ1v) is 13.3. The standard InChI is InChI=1S/C17H21FN4O2.C10H11ClN2O3/c1-24-15-8-11(12(18)10-21-15)13(19)9-14(20)16(23)22-7-3-2-4-17(22)5-6-17;11-9-1-7(16-8-4-15-5-8)2-13-10(9)3-12-6-14/h8-10,19H,2-7,20H2,1H3;1-2,6,8H,3-5H2,(H,12,14)/b14-9-,19-13?;. The lowest BCUT2D eigenvalue weighted by molar-refractivity contribution is -0.131. The zero-order chi connectivity index (χ0) is 28.7. The van der Waals surface area contributed by atoms with Gasteiger partial charge in [0.1, 0.15) is 11.9 Å². The highest BCUT2D eigenvalue weighted by Gasteiger charge is 2.51. The van der Waals surface area contributed by atoms with E-state index in [0.29, 0.717) is 49.2 Å². The Morgan fingerprint density at radius 1 is 1.30 bits per heavy atom. The molecule has 0 bridgehead atoms. The number of carbonyl (C=O) groups excluding carboxylic acids is 2. The SMILES string of the molecule is COc1cc(C(=N)/C=C(\N)C(=O)N2CCCCC23CC3)c(F)cn1.O=CNCc1ncc(OC2COC2)cc1Cl. The molecule has 1 spiro atoms. The molecule has 2 aliphatic heterocycles. The Kier molecular flexibility index (Phi) is 9.54. The summed E-state index contributed by atoms with van der Waals surface area (Å²) in [7, 11) is 1.41. The lowest BCUT2D eigenvalue weighted by atomic mass is 9.99. The number of piperidine rings is 1. The number of nitrogens with one attached hydrogen (secondary N) is 2. The summed E-state index contributed by atoms with van der Waals surface area (Å²) in [6.45, 7) is 2.21. The van der Waals surface area contributed by atoms with Gasteiger partial charge >= 0.3 is 0 Å². The monoisotopic (exact) mass is 574 g/mol. The van der Waals surface area contributed by atoms with E-state index in [2.05, 4.69) is 15.3 Å². The number of halogens is 2. The fourth-order valence-electron chi connectivity index (χ4n) is 4.52. The van der Waals surface area contributed by atoms with Crippen molar-refractivity contribution >= 4 is 29.6 Å². The molecule has 0 unspecified atom stereocenters. The van der Waals surface area contributed by atoms with Crippen LogP contribution in [0.15, 0.2) is 36.3 Å². The van der Waals surface area contributed by atoms with Crippen LogP contribution in [-0.4, -0.2) is 71.4 Å². The van der Waals surface area contributed by atoms with Gasteiger partial charge in [0.25, 0.3) is 5.91 Å². The first kappa shape index (κ1) is 29.2. The van der Waals surface area contributed by atoms with E-state index in [1.54, 1.807) is 12.3 Å². The van der Waals surface area contributed by atoms with Gasteiger partial charge in [-0.1, -0.05) is 11.6 Å². The van der Waals surface area contributed by atoms with Crippen molar-refractivity contribution in [2.75, 3.05) is 26.9 Å². The largest absolute Gasteiger partial charge is 0.484 e. The van der Waals surface area contributed by atoms with E-state index in [4.69, 9.17) is 37.0 Å². The smallest absolute Gasteiger partial charge is 0.270 e. The van der Waals surface area contributed by atoms with Crippen LogP contribution in [0.3, 0.4) is 0 Å². The van der Waals surface area contributed by atoms with E-state index in [1.165, 1.54) is 19.3 Å². The van der Waals surface area contributed by atoms with Crippen LogP contribution in [0.25, 0.3) is 0 Å². The summed E-state index contributed by atoms with van der Waals surface area (Å²) < 4.78 is 29.3. The fraction of sp³-hybridized carbons (Fsp3) is 0.444. The molecule has 3 aliphatic rings. The van der Waals surface area contributed by atoms with Crippen LogP contribution in [0.2, 0.25) is 5.02 Å². The Morgan fingerprint density at radius 2 is 2.08 bits per heavy atom. The van der Waals surface area contributed by atoms with E-state index >= 15 is 0 Å². The maximum Gasteiger partial charge on any atom is 0.270 e. The lowest BCUT2D eigenvalue weighted by Gasteiger charge is -2.36. The molecule has 2 amide bonds. The average molecular weight is 575 g/mol. The Morgan fingerprint density at radius 3 is 2.70 bits per heavy atom. The number of ether oxygens (including phenoxy) is 3. The number of nitrogens with two attached hydrogens (primary N) is 1. The molecule has 2 saturated heterocycles. The van der Waals surface area contributed by atoms with Gasteiger partial charge in [-0.3, -0.25) is 14.6 Å². The van der Waals surface area contributed by atoms with Crippen LogP contribution in [0, 0.1) is 11.2 Å². The van der Waals surface area contributed by atoms with E-state index in [0.717, 1.165) is 38.3 Å². The molecule has 13 heteroatoms. The van der Waals surface area contributed by atoms with Crippen LogP contribution in [0.1, 0.15) is 43.4 Å². The molecular weight excluding hydrogens is 543 g/mol. The summed E-state index contributed by atoms with van der Waals surface area (Å²) >= 11 is 5.98. The second-order valence-electron chi connectivity index (χ2n) is 9.73. The molecule has 0 radical (unpaired) electrons. The van der Waals surface area contributed by atoms with Crippen molar-refractivity contribution in [1.29, 1.82) is 5.41 Å². The molecule has 1 saturated carbocycles. The Labute approximate surface area is 236 Å². The third kappa shape index (κ3) is 7.05. The zero-order valence-corrected chi connectivity index (χ0v) is 22.9. The third-order valence-corrected chi connectivity index (χ3v) is 7.28. The van der Waals surface area contributed by atoms with Crippen molar-refractivity contribution in [3.63, 3.8) is 0 Å². The number of likely N-dealkylation sites (tertiary alicyclic amines) is 1. The minimum Gasteiger partial charge on any atom is -0.484 e. The van der Waals surface area contributed by atoms with Crippen LogP contribution in [0.5, 0.6) is 11.6 Å². The Balaban J connectivity index is 0.000000201. The average Bonchev–Trinajstić information content (AvgIpc) is 3.70. The number of hydrogen-bond donors (Lipinski definition) is 3. The van der Waals surface area contributed by atoms with Crippen molar-refractivity contribution in [2.45, 2.75) is 50.3 Å². The Hall–Kier alpha value is -3.77. The van der Waals surface area contributed by atoms with Gasteiger partial charge in [-0.2, -0.15) is 0 Å². The number of allylic oxidation sites excluding steroid dienone is 1. The molecule has 5 rings (SSSR count). The summed E-state index contributed by atoms with van der Waals surface area (Å²) in [6, 6.07) is 3.00. The minimum atomic E-state index is -0.658. The predicted molar refractivity (Wildman–Crippen MR) is 145 cm³/mol. The molecule has 2 aromatic heterocycles. The molecule has 40 heavy (non-hydrogen) atoms. The van der Waals surface area contributed by atoms with E-state index in [-0.39, 0.29) is 40.4 Å². The number of aromatic nitrogens is 2. The fourth-order valence-corrected chi connectivity index (χ4v) is 4.74. The van der Waals surface area contributed by atoms with Crippen molar-refractivity contribution in [3.8, 4) is 11.6 Å². The molecule has 214 valence electrons. The van der Waals surface area contributed by atoms with Gasteiger partial charge in [0.05, 0.1) is 61.4 Å². The molecule has 4 heterocycles. The lowest BCUT2D eigenvalue weighted by Crippen LogP contribution is -2.47. The zero-order valence-electron chi connectivity index (χ0n) is 22.1. The summed E-state index contributed by atoms with van der Waals surface area (Å²) in [6.07, 6.45) is 9.62. The summed E-state index contributed by atoms with van der Waals surface area (Å²) in [4.78, 5) is 32.4. The van der Waals surface area contributed by atoms with Crippen molar-refractivity contribution in [1.82, 2.24) is 20.2 Å². The highest BCUT2D eigenvalue weighted by atomic mass is 35.5. The molecule has 11 nitrogen and oxygen atoms in total. The number of pyridine rings is 2. The van der Waals surface area contributed by atoms with Crippen molar-refractivity contribution in [3.05, 3.63) is 58.4 Å². The molecular formula is C27H32ClFN6O5. The van der Waals surface area contributed by atoms with Gasteiger partial charge < -0.3 is 35.6 Å². The summed E-state index contributed by atoms with van der Waals surface area (Å²) in [5.41, 5.74) is 6.28. The van der Waals surface area contributed by atoms with E-state index < -0.39 is 5.82 Å². The van der Waals surface area contributed by atoms with Crippen LogP contribution in [0.4, 0.5) is 4.39 Å².